The fraction of sp³-hybridized carbons (Fsp3) is 0.529. The fourth-order valence-electron chi connectivity index (χ4n) is 2.36. The zero-order chi connectivity index (χ0) is 17.0. The Morgan fingerprint density at radius 3 is 2.65 bits per heavy atom. The van der Waals surface area contributed by atoms with Crippen LogP contribution in [0.5, 0.6) is 5.75 Å². The van der Waals surface area contributed by atoms with Crippen molar-refractivity contribution < 1.29 is 9.84 Å². The van der Waals surface area contributed by atoms with E-state index in [2.05, 4.69) is 16.3 Å². The molecule has 0 bridgehead atoms. The van der Waals surface area contributed by atoms with Gasteiger partial charge in [-0.2, -0.15) is 0 Å². The van der Waals surface area contributed by atoms with Crippen LogP contribution < -0.4 is 4.74 Å². The lowest BCUT2D eigenvalue weighted by Gasteiger charge is -2.20. The van der Waals surface area contributed by atoms with Gasteiger partial charge in [0.1, 0.15) is 30.1 Å². The lowest BCUT2D eigenvalue weighted by Crippen LogP contribution is -2.33. The summed E-state index contributed by atoms with van der Waals surface area (Å²) >= 11 is 0. The van der Waals surface area contributed by atoms with Crippen LogP contribution >= 0.6 is 0 Å². The summed E-state index contributed by atoms with van der Waals surface area (Å²) in [4.78, 5) is 2.01. The van der Waals surface area contributed by atoms with Crippen LogP contribution in [0.15, 0.2) is 18.2 Å². The summed E-state index contributed by atoms with van der Waals surface area (Å²) in [6.45, 7) is 7.37. The SMILES string of the molecule is Cc1ccc(C)c(OCC(O)CN(C)Cc2nnc(C)n2C)c1. The van der Waals surface area contributed by atoms with E-state index in [1.165, 1.54) is 0 Å². The minimum Gasteiger partial charge on any atom is -0.491 e. The van der Waals surface area contributed by atoms with Crippen LogP contribution in [0, 0.1) is 20.8 Å². The Labute approximate surface area is 137 Å². The quantitative estimate of drug-likeness (QED) is 0.840. The average Bonchev–Trinajstić information content (AvgIpc) is 2.80. The first-order valence-corrected chi connectivity index (χ1v) is 7.78. The first-order chi connectivity index (χ1) is 10.9. The summed E-state index contributed by atoms with van der Waals surface area (Å²) in [5.74, 6) is 2.59. The maximum absolute atomic E-state index is 10.2. The van der Waals surface area contributed by atoms with Crippen LogP contribution in [0.3, 0.4) is 0 Å². The molecule has 0 radical (unpaired) electrons. The highest BCUT2D eigenvalue weighted by Gasteiger charge is 2.13. The van der Waals surface area contributed by atoms with E-state index in [1.807, 2.05) is 56.5 Å². The van der Waals surface area contributed by atoms with Gasteiger partial charge in [0.05, 0.1) is 6.54 Å². The van der Waals surface area contributed by atoms with Gasteiger partial charge < -0.3 is 14.4 Å². The predicted octanol–water partition coefficient (Wildman–Crippen LogP) is 1.61. The Hall–Kier alpha value is -1.92. The monoisotopic (exact) mass is 318 g/mol. The molecule has 23 heavy (non-hydrogen) atoms. The number of hydrogen-bond donors (Lipinski definition) is 1. The van der Waals surface area contributed by atoms with E-state index in [0.29, 0.717) is 13.1 Å². The normalized spacial score (nSPS) is 12.7. The lowest BCUT2D eigenvalue weighted by atomic mass is 10.1. The molecule has 0 saturated heterocycles. The third kappa shape index (κ3) is 4.77. The molecule has 0 aliphatic carbocycles. The number of ether oxygens (including phenoxy) is 1. The van der Waals surface area contributed by atoms with Crippen molar-refractivity contribution in [2.75, 3.05) is 20.2 Å². The van der Waals surface area contributed by atoms with E-state index in [4.69, 9.17) is 4.74 Å². The van der Waals surface area contributed by atoms with Crippen LogP contribution in [0.4, 0.5) is 0 Å². The first kappa shape index (κ1) is 17.4. The lowest BCUT2D eigenvalue weighted by molar-refractivity contribution is 0.0731. The van der Waals surface area contributed by atoms with E-state index in [0.717, 1.165) is 28.5 Å². The van der Waals surface area contributed by atoms with Crippen molar-refractivity contribution in [3.63, 3.8) is 0 Å². The van der Waals surface area contributed by atoms with Crippen LogP contribution in [-0.4, -0.2) is 51.1 Å². The Morgan fingerprint density at radius 1 is 1.26 bits per heavy atom. The van der Waals surface area contributed by atoms with E-state index in [1.54, 1.807) is 0 Å². The van der Waals surface area contributed by atoms with E-state index in [9.17, 15) is 5.11 Å². The topological polar surface area (TPSA) is 63.4 Å². The Balaban J connectivity index is 1.83. The maximum atomic E-state index is 10.2. The molecule has 6 heteroatoms. The molecule has 0 fully saturated rings. The molecule has 0 aliphatic heterocycles. The molecule has 2 aromatic rings. The minimum absolute atomic E-state index is 0.270. The van der Waals surface area contributed by atoms with Crippen molar-refractivity contribution in [3.05, 3.63) is 41.0 Å². The molecule has 1 N–H and O–H groups in total. The van der Waals surface area contributed by atoms with Crippen molar-refractivity contribution in [2.45, 2.75) is 33.4 Å². The molecule has 0 amide bonds. The van der Waals surface area contributed by atoms with Gasteiger partial charge in [0.2, 0.25) is 0 Å². The van der Waals surface area contributed by atoms with Crippen molar-refractivity contribution in [2.24, 2.45) is 7.05 Å². The van der Waals surface area contributed by atoms with Gasteiger partial charge in [-0.05, 0) is 45.0 Å². The highest BCUT2D eigenvalue weighted by atomic mass is 16.5. The Morgan fingerprint density at radius 2 is 2.00 bits per heavy atom. The number of rotatable bonds is 7. The summed E-state index contributed by atoms with van der Waals surface area (Å²) < 4.78 is 7.70. The van der Waals surface area contributed by atoms with Gasteiger partial charge in [0, 0.05) is 13.6 Å². The van der Waals surface area contributed by atoms with Gasteiger partial charge in [0.15, 0.2) is 0 Å². The number of aliphatic hydroxyl groups is 1. The molecule has 1 aromatic heterocycles. The number of aromatic nitrogens is 3. The number of likely N-dealkylation sites (N-methyl/N-ethyl adjacent to an activating group) is 1. The summed E-state index contributed by atoms with van der Waals surface area (Å²) in [5, 5.41) is 18.4. The van der Waals surface area contributed by atoms with E-state index < -0.39 is 6.10 Å². The van der Waals surface area contributed by atoms with Crippen molar-refractivity contribution in [1.29, 1.82) is 0 Å². The highest BCUT2D eigenvalue weighted by Crippen LogP contribution is 2.19. The molecule has 0 spiro atoms. The zero-order valence-electron chi connectivity index (χ0n) is 14.6. The molecular formula is C17H26N4O2. The van der Waals surface area contributed by atoms with Gasteiger partial charge in [-0.1, -0.05) is 12.1 Å². The number of aryl methyl sites for hydroxylation is 3. The fourth-order valence-corrected chi connectivity index (χ4v) is 2.36. The molecule has 0 saturated carbocycles. The summed E-state index contributed by atoms with van der Waals surface area (Å²) in [6, 6.07) is 6.07. The van der Waals surface area contributed by atoms with Gasteiger partial charge in [-0.15, -0.1) is 10.2 Å². The number of hydrogen-bond acceptors (Lipinski definition) is 5. The number of aliphatic hydroxyl groups excluding tert-OH is 1. The predicted molar refractivity (Wildman–Crippen MR) is 89.5 cm³/mol. The summed E-state index contributed by atoms with van der Waals surface area (Å²) in [6.07, 6.45) is -0.561. The van der Waals surface area contributed by atoms with E-state index in [-0.39, 0.29) is 6.61 Å². The van der Waals surface area contributed by atoms with E-state index >= 15 is 0 Å². The van der Waals surface area contributed by atoms with Crippen LogP contribution in [0.25, 0.3) is 0 Å². The standard InChI is InChI=1S/C17H26N4O2/c1-12-6-7-13(2)16(8-12)23-11-15(22)9-20(4)10-17-19-18-14(3)21(17)5/h6-8,15,22H,9-11H2,1-5H3. The second-order valence-electron chi connectivity index (χ2n) is 6.15. The number of benzene rings is 1. The maximum Gasteiger partial charge on any atom is 0.146 e. The molecule has 1 aromatic carbocycles. The van der Waals surface area contributed by atoms with Crippen LogP contribution in [0.1, 0.15) is 22.8 Å². The van der Waals surface area contributed by atoms with Gasteiger partial charge >= 0.3 is 0 Å². The largest absolute Gasteiger partial charge is 0.491 e. The second kappa shape index (κ2) is 7.57. The van der Waals surface area contributed by atoms with Crippen molar-refractivity contribution in [1.82, 2.24) is 19.7 Å². The van der Waals surface area contributed by atoms with Gasteiger partial charge in [-0.3, -0.25) is 4.90 Å². The third-order valence-electron chi connectivity index (χ3n) is 3.89. The van der Waals surface area contributed by atoms with Crippen LogP contribution in [0.2, 0.25) is 0 Å². The molecular weight excluding hydrogens is 292 g/mol. The number of nitrogens with zero attached hydrogens (tertiary/aromatic N) is 4. The Kier molecular flexibility index (Phi) is 5.74. The minimum atomic E-state index is -0.561. The molecule has 2 rings (SSSR count). The average molecular weight is 318 g/mol. The van der Waals surface area contributed by atoms with Crippen molar-refractivity contribution in [3.8, 4) is 5.75 Å². The Bertz CT molecular complexity index is 654. The summed E-state index contributed by atoms with van der Waals surface area (Å²) in [7, 11) is 3.89. The first-order valence-electron chi connectivity index (χ1n) is 7.78. The third-order valence-corrected chi connectivity index (χ3v) is 3.89. The molecule has 0 aliphatic rings. The van der Waals surface area contributed by atoms with Crippen molar-refractivity contribution >= 4 is 0 Å². The summed E-state index contributed by atoms with van der Waals surface area (Å²) in [5.41, 5.74) is 2.22. The molecule has 1 heterocycles. The molecule has 126 valence electrons. The molecule has 1 unspecified atom stereocenters. The van der Waals surface area contributed by atoms with Crippen LogP contribution in [-0.2, 0) is 13.6 Å². The zero-order valence-corrected chi connectivity index (χ0v) is 14.6. The van der Waals surface area contributed by atoms with Gasteiger partial charge in [0.25, 0.3) is 0 Å². The second-order valence-corrected chi connectivity index (χ2v) is 6.15. The van der Waals surface area contributed by atoms with Gasteiger partial charge in [-0.25, -0.2) is 0 Å². The molecule has 6 nitrogen and oxygen atoms in total. The molecule has 1 atom stereocenters. The smallest absolute Gasteiger partial charge is 0.146 e. The highest BCUT2D eigenvalue weighted by molar-refractivity contribution is 5.35.